The van der Waals surface area contributed by atoms with Crippen LogP contribution in [0.2, 0.25) is 0 Å². The van der Waals surface area contributed by atoms with Crippen LogP contribution in [-0.4, -0.2) is 32.9 Å². The van der Waals surface area contributed by atoms with Gasteiger partial charge in [0, 0.05) is 30.1 Å². The number of ether oxygens (including phenoxy) is 1. The molecule has 0 unspecified atom stereocenters. The maximum atomic E-state index is 12.4. The predicted molar refractivity (Wildman–Crippen MR) is 166 cm³/mol. The molecule has 3 aromatic carbocycles. The number of aromatic nitrogens is 2. The van der Waals surface area contributed by atoms with Gasteiger partial charge in [-0.05, 0) is 72.9 Å². The van der Waals surface area contributed by atoms with Crippen molar-refractivity contribution in [2.45, 2.75) is 40.1 Å². The number of imidazole rings is 1. The van der Waals surface area contributed by atoms with E-state index in [1.165, 1.54) is 12.1 Å². The van der Waals surface area contributed by atoms with E-state index in [-0.39, 0.29) is 11.3 Å². The minimum absolute atomic E-state index is 0.239. The summed E-state index contributed by atoms with van der Waals surface area (Å²) in [6.45, 7) is 6.30. The second kappa shape index (κ2) is 15.5. The van der Waals surface area contributed by atoms with Crippen molar-refractivity contribution in [3.8, 4) is 16.9 Å². The first-order chi connectivity index (χ1) is 20.4. The summed E-state index contributed by atoms with van der Waals surface area (Å²) in [5, 5.41) is 9.90. The van der Waals surface area contributed by atoms with Gasteiger partial charge < -0.3 is 14.4 Å². The third-order valence-electron chi connectivity index (χ3n) is 6.35. The van der Waals surface area contributed by atoms with E-state index in [2.05, 4.69) is 9.30 Å². The fourth-order valence-corrected chi connectivity index (χ4v) is 4.36. The molecule has 1 aromatic heterocycles. The largest absolute Gasteiger partial charge is 0.573 e. The van der Waals surface area contributed by atoms with Crippen LogP contribution >= 0.6 is 23.2 Å². The number of benzene rings is 3. The number of carboxylic acid groups (broad SMARTS) is 1. The number of aromatic carboxylic acids is 1. The molecule has 0 fully saturated rings. The molecule has 43 heavy (non-hydrogen) atoms. The Morgan fingerprint density at radius 3 is 1.98 bits per heavy atom. The van der Waals surface area contributed by atoms with E-state index in [1.54, 1.807) is 49.4 Å². The first kappa shape index (κ1) is 33.5. The summed E-state index contributed by atoms with van der Waals surface area (Å²) in [6.07, 6.45) is 1.58. The minimum Gasteiger partial charge on any atom is -0.478 e. The summed E-state index contributed by atoms with van der Waals surface area (Å²) >= 11 is 10.6. The van der Waals surface area contributed by atoms with E-state index in [9.17, 15) is 18.0 Å². The third kappa shape index (κ3) is 10.6. The van der Waals surface area contributed by atoms with Gasteiger partial charge in [0.05, 0.1) is 11.3 Å². The molecule has 0 bridgehead atoms. The second-order valence-corrected chi connectivity index (χ2v) is 10.4. The lowest BCUT2D eigenvalue weighted by Crippen LogP contribution is -2.16. The first-order valence-corrected chi connectivity index (χ1v) is 14.1. The number of carbonyl (C=O) groups is 1. The normalized spacial score (nSPS) is 12.0. The highest BCUT2D eigenvalue weighted by Crippen LogP contribution is 2.27. The van der Waals surface area contributed by atoms with Crippen molar-refractivity contribution in [2.24, 2.45) is 0 Å². The molecule has 0 radical (unpaired) electrons. The lowest BCUT2D eigenvalue weighted by Gasteiger charge is -2.10. The van der Waals surface area contributed by atoms with E-state index >= 15 is 0 Å². The number of hydrogen-bond donors (Lipinski definition) is 1. The summed E-state index contributed by atoms with van der Waals surface area (Å²) in [6, 6.07) is 20.3. The van der Waals surface area contributed by atoms with Gasteiger partial charge in [-0.1, -0.05) is 72.3 Å². The molecule has 1 N–H and O–H groups in total. The van der Waals surface area contributed by atoms with Crippen LogP contribution in [0, 0.1) is 0 Å². The molecule has 0 aliphatic carbocycles. The van der Waals surface area contributed by atoms with Gasteiger partial charge in [0.15, 0.2) is 0 Å². The highest BCUT2D eigenvalue weighted by molar-refractivity contribution is 6.30. The summed E-state index contributed by atoms with van der Waals surface area (Å²) in [4.78, 5) is 16.0. The fourth-order valence-electron chi connectivity index (χ4n) is 3.97. The van der Waals surface area contributed by atoms with Gasteiger partial charge in [0.2, 0.25) is 0 Å². The van der Waals surface area contributed by atoms with Crippen LogP contribution in [0.4, 0.5) is 13.2 Å². The number of alkyl halides is 4. The van der Waals surface area contributed by atoms with E-state index < -0.39 is 12.3 Å². The molecule has 5 nitrogen and oxygen atoms in total. The van der Waals surface area contributed by atoms with Crippen LogP contribution in [0.1, 0.15) is 53.8 Å². The summed E-state index contributed by atoms with van der Waals surface area (Å²) < 4.78 is 43.2. The number of carboxylic acids is 1. The molecule has 10 heteroatoms. The fraction of sp³-hybridized carbons (Fsp3) is 0.212. The van der Waals surface area contributed by atoms with Crippen molar-refractivity contribution in [1.82, 2.24) is 9.55 Å². The van der Waals surface area contributed by atoms with E-state index in [1.807, 2.05) is 50.4 Å². The van der Waals surface area contributed by atoms with Crippen molar-refractivity contribution in [1.29, 1.82) is 0 Å². The second-order valence-electron chi connectivity index (χ2n) is 9.54. The van der Waals surface area contributed by atoms with E-state index in [0.29, 0.717) is 18.8 Å². The maximum absolute atomic E-state index is 12.4. The van der Waals surface area contributed by atoms with Crippen molar-refractivity contribution in [3.05, 3.63) is 124 Å². The number of halogens is 5. The van der Waals surface area contributed by atoms with E-state index in [4.69, 9.17) is 33.3 Å². The zero-order valence-electron chi connectivity index (χ0n) is 23.8. The maximum Gasteiger partial charge on any atom is 0.573 e. The first-order valence-electron chi connectivity index (χ1n) is 13.2. The van der Waals surface area contributed by atoms with Crippen LogP contribution in [0.3, 0.4) is 0 Å². The zero-order valence-corrected chi connectivity index (χ0v) is 25.3. The average Bonchev–Trinajstić information content (AvgIpc) is 3.35. The van der Waals surface area contributed by atoms with Crippen molar-refractivity contribution >= 4 is 34.7 Å². The zero-order chi connectivity index (χ0) is 31.6. The van der Waals surface area contributed by atoms with Gasteiger partial charge in [-0.25, -0.2) is 9.78 Å². The Bertz CT molecular complexity index is 1560. The van der Waals surface area contributed by atoms with Crippen LogP contribution in [-0.2, 0) is 13.0 Å². The Hall–Kier alpha value is -4.01. The van der Waals surface area contributed by atoms with Crippen LogP contribution in [0.15, 0.2) is 96.2 Å². The van der Waals surface area contributed by atoms with Gasteiger partial charge >= 0.3 is 12.3 Å². The minimum atomic E-state index is -4.72. The highest BCUT2D eigenvalue weighted by atomic mass is 35.5. The standard InChI is InChI=1S/C29H25F3N2O3.C4H6Cl2/c1-3-19(2)26-18-34(17-21-6-10-24(11-7-21)28(35)36)27(33-26)16-20-4-8-22(9-5-20)23-12-14-25(15-13-23)37-29(30,31)32;1-4(6)2-3-5/h3-15,18H,16-17H2,1-2H3,(H,35,36);2H,3H2,1H3/b19-3+;4-2+. The molecule has 0 amide bonds. The molecule has 0 saturated carbocycles. The highest BCUT2D eigenvalue weighted by Gasteiger charge is 2.31. The average molecular weight is 632 g/mol. The third-order valence-corrected chi connectivity index (χ3v) is 6.65. The van der Waals surface area contributed by atoms with Gasteiger partial charge in [0.1, 0.15) is 11.6 Å². The molecule has 4 rings (SSSR count). The molecule has 0 aliphatic heterocycles. The number of hydrogen-bond acceptors (Lipinski definition) is 3. The lowest BCUT2D eigenvalue weighted by molar-refractivity contribution is -0.274. The number of rotatable bonds is 9. The molecular formula is C33H31Cl2F3N2O3. The predicted octanol–water partition coefficient (Wildman–Crippen LogP) is 9.58. The summed E-state index contributed by atoms with van der Waals surface area (Å²) in [5.41, 5.74) is 5.79. The van der Waals surface area contributed by atoms with Crippen molar-refractivity contribution in [2.75, 3.05) is 5.88 Å². The molecule has 0 saturated heterocycles. The van der Waals surface area contributed by atoms with Gasteiger partial charge in [0.25, 0.3) is 0 Å². The van der Waals surface area contributed by atoms with Crippen LogP contribution in [0.25, 0.3) is 16.7 Å². The molecular weight excluding hydrogens is 600 g/mol. The topological polar surface area (TPSA) is 64.4 Å². The Labute approximate surface area is 258 Å². The van der Waals surface area contributed by atoms with Gasteiger partial charge in [-0.15, -0.1) is 24.8 Å². The molecule has 1 heterocycles. The molecule has 4 aromatic rings. The van der Waals surface area contributed by atoms with E-state index in [0.717, 1.165) is 44.4 Å². The Balaban J connectivity index is 0.000000765. The summed E-state index contributed by atoms with van der Waals surface area (Å²) in [7, 11) is 0. The lowest BCUT2D eigenvalue weighted by atomic mass is 10.0. The monoisotopic (exact) mass is 630 g/mol. The Kier molecular flexibility index (Phi) is 12.0. The van der Waals surface area contributed by atoms with Gasteiger partial charge in [-0.3, -0.25) is 0 Å². The van der Waals surface area contributed by atoms with Crippen molar-refractivity contribution < 1.29 is 27.8 Å². The number of nitrogens with zero attached hydrogens (tertiary/aromatic N) is 2. The smallest absolute Gasteiger partial charge is 0.478 e. The van der Waals surface area contributed by atoms with Gasteiger partial charge in [-0.2, -0.15) is 0 Å². The summed E-state index contributed by atoms with van der Waals surface area (Å²) in [5.74, 6) is 0.148. The van der Waals surface area contributed by atoms with Crippen molar-refractivity contribution in [3.63, 3.8) is 0 Å². The number of allylic oxidation sites excluding steroid dienone is 4. The molecule has 0 spiro atoms. The molecule has 0 aliphatic rings. The molecule has 0 atom stereocenters. The SMILES string of the molecule is C/C(Cl)=C\CCl.C/C=C(\C)c1cn(Cc2ccc(C(=O)O)cc2)c(Cc2ccc(-c3ccc(OC(F)(F)F)cc3)cc2)n1. The van der Waals surface area contributed by atoms with Crippen LogP contribution < -0.4 is 4.74 Å². The van der Waals surface area contributed by atoms with Crippen LogP contribution in [0.5, 0.6) is 5.75 Å². The quantitative estimate of drug-likeness (QED) is 0.187. The molecule has 226 valence electrons. The Morgan fingerprint density at radius 1 is 0.953 bits per heavy atom. The Morgan fingerprint density at radius 2 is 1.51 bits per heavy atom.